The van der Waals surface area contributed by atoms with Crippen LogP contribution in [0.1, 0.15) is 29.7 Å². The number of benzene rings is 2. The molecule has 0 aromatic heterocycles. The second-order valence-corrected chi connectivity index (χ2v) is 7.19. The summed E-state index contributed by atoms with van der Waals surface area (Å²) in [4.78, 5) is 27.2. The Morgan fingerprint density at radius 2 is 1.77 bits per heavy atom. The van der Waals surface area contributed by atoms with E-state index < -0.39 is 17.7 Å². The predicted molar refractivity (Wildman–Crippen MR) is 116 cm³/mol. The molecule has 1 heterocycles. The molecule has 1 N–H and O–H groups in total. The van der Waals surface area contributed by atoms with Gasteiger partial charge in [0.2, 0.25) is 0 Å². The van der Waals surface area contributed by atoms with Gasteiger partial charge in [0.1, 0.15) is 5.76 Å². The number of carbonyl (C=O) groups is 2. The highest BCUT2D eigenvalue weighted by Gasteiger charge is 2.46. The van der Waals surface area contributed by atoms with Gasteiger partial charge in [0.15, 0.2) is 11.5 Å². The van der Waals surface area contributed by atoms with Crippen LogP contribution in [0.25, 0.3) is 5.76 Å². The number of carbonyl (C=O) groups excluding carboxylic acids is 2. The molecule has 31 heavy (non-hydrogen) atoms. The van der Waals surface area contributed by atoms with E-state index in [1.54, 1.807) is 30.3 Å². The smallest absolute Gasteiger partial charge is 0.295 e. The Kier molecular flexibility index (Phi) is 6.97. The summed E-state index contributed by atoms with van der Waals surface area (Å²) in [5.41, 5.74) is 2.16. The van der Waals surface area contributed by atoms with Gasteiger partial charge in [0.05, 0.1) is 31.9 Å². The van der Waals surface area contributed by atoms with E-state index in [0.29, 0.717) is 29.2 Å². The number of hydrogen-bond donors (Lipinski definition) is 1. The first-order valence-electron chi connectivity index (χ1n) is 10.1. The molecule has 0 aliphatic carbocycles. The number of aliphatic hydroxyl groups is 1. The maximum Gasteiger partial charge on any atom is 0.295 e. The van der Waals surface area contributed by atoms with Gasteiger partial charge in [0.25, 0.3) is 11.7 Å². The Labute approximate surface area is 181 Å². The molecular weight excluding hydrogens is 398 g/mol. The van der Waals surface area contributed by atoms with Crippen molar-refractivity contribution in [2.75, 3.05) is 34.0 Å². The maximum atomic E-state index is 13.0. The van der Waals surface area contributed by atoms with Crippen molar-refractivity contribution >= 4 is 17.4 Å². The molecule has 0 bridgehead atoms. The van der Waals surface area contributed by atoms with Crippen molar-refractivity contribution in [3.05, 3.63) is 64.7 Å². The van der Waals surface area contributed by atoms with Gasteiger partial charge in [-0.1, -0.05) is 35.9 Å². The van der Waals surface area contributed by atoms with Gasteiger partial charge in [0, 0.05) is 19.2 Å². The van der Waals surface area contributed by atoms with Gasteiger partial charge < -0.3 is 24.2 Å². The Balaban J connectivity index is 2.17. The molecule has 3 rings (SSSR count). The van der Waals surface area contributed by atoms with Gasteiger partial charge in [-0.2, -0.15) is 0 Å². The van der Waals surface area contributed by atoms with E-state index in [-0.39, 0.29) is 24.5 Å². The summed E-state index contributed by atoms with van der Waals surface area (Å²) in [5.74, 6) is -0.583. The van der Waals surface area contributed by atoms with E-state index in [1.807, 2.05) is 26.0 Å². The van der Waals surface area contributed by atoms with Crippen LogP contribution in [0, 0.1) is 6.92 Å². The SMILES string of the molecule is CCOc1ccc([C@H]2C(=C(O)c3ccc(C)cc3)C(=O)C(=O)N2CCOC)cc1OC. The number of hydrogen-bond acceptors (Lipinski definition) is 6. The van der Waals surface area contributed by atoms with Crippen molar-refractivity contribution in [2.45, 2.75) is 19.9 Å². The third-order valence-corrected chi connectivity index (χ3v) is 5.20. The number of ketones is 1. The molecule has 2 aromatic carbocycles. The first-order valence-corrected chi connectivity index (χ1v) is 10.1. The van der Waals surface area contributed by atoms with Crippen LogP contribution in [0.4, 0.5) is 0 Å². The van der Waals surface area contributed by atoms with Crippen LogP contribution in [0.2, 0.25) is 0 Å². The number of aliphatic hydroxyl groups excluding tert-OH is 1. The summed E-state index contributed by atoms with van der Waals surface area (Å²) in [6, 6.07) is 11.6. The van der Waals surface area contributed by atoms with Gasteiger partial charge in [-0.3, -0.25) is 9.59 Å². The van der Waals surface area contributed by atoms with E-state index >= 15 is 0 Å². The van der Waals surface area contributed by atoms with Crippen molar-refractivity contribution in [1.29, 1.82) is 0 Å². The Bertz CT molecular complexity index is 996. The van der Waals surface area contributed by atoms with E-state index in [1.165, 1.54) is 19.1 Å². The topological polar surface area (TPSA) is 85.3 Å². The molecule has 1 fully saturated rings. The van der Waals surface area contributed by atoms with Crippen LogP contribution in [0.15, 0.2) is 48.0 Å². The number of Topliss-reactive ketones (excluding diaryl/α,β-unsaturated/α-hetero) is 1. The first kappa shape index (κ1) is 22.4. The van der Waals surface area contributed by atoms with E-state index in [0.717, 1.165) is 5.56 Å². The molecule has 1 aliphatic heterocycles. The molecule has 7 heteroatoms. The van der Waals surface area contributed by atoms with Crippen molar-refractivity contribution in [2.24, 2.45) is 0 Å². The molecule has 164 valence electrons. The summed E-state index contributed by atoms with van der Waals surface area (Å²) in [5, 5.41) is 11.0. The summed E-state index contributed by atoms with van der Waals surface area (Å²) >= 11 is 0. The molecule has 0 saturated carbocycles. The summed E-state index contributed by atoms with van der Waals surface area (Å²) < 4.78 is 16.2. The number of ether oxygens (including phenoxy) is 3. The lowest BCUT2D eigenvalue weighted by atomic mass is 9.94. The number of rotatable bonds is 8. The highest BCUT2D eigenvalue weighted by molar-refractivity contribution is 6.46. The average Bonchev–Trinajstić information content (AvgIpc) is 3.03. The number of amides is 1. The molecule has 7 nitrogen and oxygen atoms in total. The molecule has 2 aromatic rings. The zero-order chi connectivity index (χ0) is 22.5. The van der Waals surface area contributed by atoms with Crippen molar-refractivity contribution in [1.82, 2.24) is 4.90 Å². The van der Waals surface area contributed by atoms with Gasteiger partial charge >= 0.3 is 0 Å². The quantitative estimate of drug-likeness (QED) is 0.396. The molecule has 0 unspecified atom stereocenters. The molecule has 1 atom stereocenters. The van der Waals surface area contributed by atoms with Crippen molar-refractivity contribution in [3.8, 4) is 11.5 Å². The lowest BCUT2D eigenvalue weighted by molar-refractivity contribution is -0.140. The lowest BCUT2D eigenvalue weighted by Crippen LogP contribution is -2.32. The van der Waals surface area contributed by atoms with Crippen LogP contribution in [-0.2, 0) is 14.3 Å². The number of aryl methyl sites for hydroxylation is 1. The van der Waals surface area contributed by atoms with Gasteiger partial charge in [-0.05, 0) is 31.5 Å². The highest BCUT2D eigenvalue weighted by Crippen LogP contribution is 2.41. The maximum absolute atomic E-state index is 13.0. The Morgan fingerprint density at radius 1 is 1.06 bits per heavy atom. The number of methoxy groups -OCH3 is 2. The second-order valence-electron chi connectivity index (χ2n) is 7.19. The summed E-state index contributed by atoms with van der Waals surface area (Å²) in [6.07, 6.45) is 0. The lowest BCUT2D eigenvalue weighted by Gasteiger charge is -2.25. The minimum absolute atomic E-state index is 0.0381. The monoisotopic (exact) mass is 425 g/mol. The average molecular weight is 425 g/mol. The van der Waals surface area contributed by atoms with Crippen LogP contribution in [0.3, 0.4) is 0 Å². The van der Waals surface area contributed by atoms with Crippen LogP contribution in [0.5, 0.6) is 11.5 Å². The predicted octanol–water partition coefficient (Wildman–Crippen LogP) is 3.47. The molecule has 1 aliphatic rings. The summed E-state index contributed by atoms with van der Waals surface area (Å²) in [7, 11) is 3.05. The summed E-state index contributed by atoms with van der Waals surface area (Å²) in [6.45, 7) is 4.72. The number of nitrogens with zero attached hydrogens (tertiary/aromatic N) is 1. The fourth-order valence-electron chi connectivity index (χ4n) is 3.64. The Morgan fingerprint density at radius 3 is 2.39 bits per heavy atom. The van der Waals surface area contributed by atoms with Gasteiger partial charge in [-0.25, -0.2) is 0 Å². The second kappa shape index (κ2) is 9.66. The fraction of sp³-hybridized carbons (Fsp3) is 0.333. The third-order valence-electron chi connectivity index (χ3n) is 5.20. The van der Waals surface area contributed by atoms with E-state index in [9.17, 15) is 14.7 Å². The normalized spacial score (nSPS) is 17.8. The van der Waals surface area contributed by atoms with Crippen molar-refractivity contribution in [3.63, 3.8) is 0 Å². The molecule has 1 amide bonds. The molecule has 1 saturated heterocycles. The largest absolute Gasteiger partial charge is 0.507 e. The molecular formula is C24H27NO6. The first-order chi connectivity index (χ1) is 14.9. The highest BCUT2D eigenvalue weighted by atomic mass is 16.5. The third kappa shape index (κ3) is 4.41. The zero-order valence-corrected chi connectivity index (χ0v) is 18.2. The van der Waals surface area contributed by atoms with Crippen LogP contribution < -0.4 is 9.47 Å². The van der Waals surface area contributed by atoms with Gasteiger partial charge in [-0.15, -0.1) is 0 Å². The van der Waals surface area contributed by atoms with E-state index in [4.69, 9.17) is 14.2 Å². The van der Waals surface area contributed by atoms with Crippen molar-refractivity contribution < 1.29 is 28.9 Å². The minimum Gasteiger partial charge on any atom is -0.507 e. The minimum atomic E-state index is -0.777. The Hall–Kier alpha value is -3.32. The zero-order valence-electron chi connectivity index (χ0n) is 18.2. The molecule has 0 spiro atoms. The van der Waals surface area contributed by atoms with E-state index in [2.05, 4.69) is 0 Å². The fourth-order valence-corrected chi connectivity index (χ4v) is 3.64. The standard InChI is InChI=1S/C24H27NO6/c1-5-31-18-11-10-17(14-19(18)30-4)21-20(22(26)16-8-6-15(2)7-9-16)23(27)24(28)25(21)12-13-29-3/h6-11,14,21,26H,5,12-13H2,1-4H3/t21-/m0/s1. The van der Waals surface area contributed by atoms with Crippen LogP contribution >= 0.6 is 0 Å². The van der Waals surface area contributed by atoms with Crippen LogP contribution in [-0.4, -0.2) is 55.7 Å². The number of likely N-dealkylation sites (tertiary alicyclic amines) is 1. The molecule has 0 radical (unpaired) electrons.